The van der Waals surface area contributed by atoms with Crippen LogP contribution < -0.4 is 5.32 Å². The Kier molecular flexibility index (Phi) is 8.35. The van der Waals surface area contributed by atoms with Crippen molar-refractivity contribution in [3.05, 3.63) is 32.4 Å². The van der Waals surface area contributed by atoms with Crippen LogP contribution in [0.2, 0.25) is 5.02 Å². The molecule has 1 nitrogen and oxygen atoms in total. The summed E-state index contributed by atoms with van der Waals surface area (Å²) in [5.74, 6) is 0.748. The van der Waals surface area contributed by atoms with E-state index in [1.54, 1.807) is 0 Å². The zero-order chi connectivity index (χ0) is 14.3. The van der Waals surface area contributed by atoms with E-state index in [4.69, 9.17) is 11.6 Å². The zero-order valence-corrected chi connectivity index (χ0v) is 15.1. The molecule has 0 aliphatic rings. The molecule has 0 saturated carbocycles. The lowest BCUT2D eigenvalue weighted by atomic mass is 9.93. The highest BCUT2D eigenvalue weighted by Gasteiger charge is 2.15. The number of rotatable bonds is 8. The highest BCUT2D eigenvalue weighted by atomic mass is 127. The van der Waals surface area contributed by atoms with Crippen molar-refractivity contribution in [3.8, 4) is 0 Å². The van der Waals surface area contributed by atoms with E-state index in [1.165, 1.54) is 24.8 Å². The first kappa shape index (κ1) is 17.3. The molecule has 0 saturated heterocycles. The van der Waals surface area contributed by atoms with Crippen LogP contribution >= 0.6 is 34.2 Å². The van der Waals surface area contributed by atoms with Crippen molar-refractivity contribution in [2.24, 2.45) is 5.92 Å². The molecule has 3 heteroatoms. The predicted octanol–water partition coefficient (Wildman–Crippen LogP) is 5.81. The Morgan fingerprint density at radius 2 is 2.00 bits per heavy atom. The Morgan fingerprint density at radius 1 is 1.26 bits per heavy atom. The molecule has 0 fully saturated rings. The average molecular weight is 394 g/mol. The maximum absolute atomic E-state index is 6.25. The van der Waals surface area contributed by atoms with Crippen molar-refractivity contribution < 1.29 is 0 Å². The lowest BCUT2D eigenvalue weighted by molar-refractivity contribution is 0.390. The van der Waals surface area contributed by atoms with Crippen molar-refractivity contribution in [1.29, 1.82) is 0 Å². The van der Waals surface area contributed by atoms with E-state index in [-0.39, 0.29) is 0 Å². The van der Waals surface area contributed by atoms with Gasteiger partial charge in [0.15, 0.2) is 0 Å². The normalized spacial score (nSPS) is 14.4. The smallest absolute Gasteiger partial charge is 0.0542 e. The third-order valence-corrected chi connectivity index (χ3v) is 4.98. The van der Waals surface area contributed by atoms with E-state index in [1.807, 2.05) is 0 Å². The molecule has 0 spiro atoms. The number of hydrogen-bond acceptors (Lipinski definition) is 1. The van der Waals surface area contributed by atoms with Crippen molar-refractivity contribution >= 4 is 34.2 Å². The van der Waals surface area contributed by atoms with Gasteiger partial charge in [0, 0.05) is 9.61 Å². The van der Waals surface area contributed by atoms with Crippen LogP contribution in [0.4, 0.5) is 0 Å². The fraction of sp³-hybridized carbons (Fsp3) is 0.625. The summed E-state index contributed by atoms with van der Waals surface area (Å²) in [6, 6.07) is 6.87. The summed E-state index contributed by atoms with van der Waals surface area (Å²) in [6.45, 7) is 7.87. The van der Waals surface area contributed by atoms with Crippen LogP contribution in [0, 0.1) is 9.49 Å². The summed E-state index contributed by atoms with van der Waals surface area (Å²) in [6.07, 6.45) is 4.90. The van der Waals surface area contributed by atoms with Crippen LogP contribution in [0.25, 0.3) is 0 Å². The fourth-order valence-electron chi connectivity index (χ4n) is 2.40. The minimum Gasteiger partial charge on any atom is -0.310 e. The van der Waals surface area contributed by atoms with Gasteiger partial charge >= 0.3 is 0 Å². The Balaban J connectivity index is 2.79. The number of hydrogen-bond donors (Lipinski definition) is 1. The van der Waals surface area contributed by atoms with Gasteiger partial charge in [-0.25, -0.2) is 0 Å². The molecule has 0 radical (unpaired) electrons. The first-order valence-corrected chi connectivity index (χ1v) is 8.72. The fourth-order valence-corrected chi connectivity index (χ4v) is 2.92. The van der Waals surface area contributed by atoms with E-state index in [9.17, 15) is 0 Å². The highest BCUT2D eigenvalue weighted by Crippen LogP contribution is 2.28. The van der Waals surface area contributed by atoms with Gasteiger partial charge in [-0.2, -0.15) is 0 Å². The molecule has 0 bridgehead atoms. The van der Waals surface area contributed by atoms with Gasteiger partial charge in [0.2, 0.25) is 0 Å². The Bertz CT molecular complexity index is 381. The lowest BCUT2D eigenvalue weighted by Gasteiger charge is -2.23. The van der Waals surface area contributed by atoms with Crippen molar-refractivity contribution in [2.75, 3.05) is 6.54 Å². The van der Waals surface area contributed by atoms with Crippen molar-refractivity contribution in [2.45, 2.75) is 52.5 Å². The molecule has 0 aliphatic heterocycles. The van der Waals surface area contributed by atoms with Crippen LogP contribution in [0.3, 0.4) is 0 Å². The molecule has 108 valence electrons. The molecule has 1 aromatic rings. The molecule has 2 unspecified atom stereocenters. The molecule has 0 aromatic heterocycles. The number of halogens is 2. The van der Waals surface area contributed by atoms with Gasteiger partial charge in [-0.15, -0.1) is 0 Å². The van der Waals surface area contributed by atoms with E-state index in [0.29, 0.717) is 6.04 Å². The second-order valence-electron chi connectivity index (χ2n) is 5.31. The van der Waals surface area contributed by atoms with Crippen LogP contribution in [-0.4, -0.2) is 6.54 Å². The van der Waals surface area contributed by atoms with Gasteiger partial charge in [-0.1, -0.05) is 51.3 Å². The summed E-state index contributed by atoms with van der Waals surface area (Å²) in [4.78, 5) is 0. The van der Waals surface area contributed by atoms with E-state index in [0.717, 1.165) is 27.5 Å². The second kappa shape index (κ2) is 9.19. The SMILES string of the molecule is CCCNC(CC(C)CCC)c1ccc(I)c(Cl)c1. The topological polar surface area (TPSA) is 12.0 Å². The number of benzene rings is 1. The summed E-state index contributed by atoms with van der Waals surface area (Å²) in [5, 5.41) is 4.53. The van der Waals surface area contributed by atoms with Gasteiger partial charge in [0.25, 0.3) is 0 Å². The second-order valence-corrected chi connectivity index (χ2v) is 6.88. The molecule has 2 atom stereocenters. The molecular weight excluding hydrogens is 369 g/mol. The van der Waals surface area contributed by atoms with Gasteiger partial charge < -0.3 is 5.32 Å². The first-order valence-electron chi connectivity index (χ1n) is 7.26. The first-order chi connectivity index (χ1) is 9.08. The Labute approximate surface area is 136 Å². The van der Waals surface area contributed by atoms with Crippen LogP contribution in [-0.2, 0) is 0 Å². The highest BCUT2D eigenvalue weighted by molar-refractivity contribution is 14.1. The molecule has 1 rings (SSSR count). The molecule has 19 heavy (non-hydrogen) atoms. The molecule has 0 aliphatic carbocycles. The van der Waals surface area contributed by atoms with Crippen molar-refractivity contribution in [1.82, 2.24) is 5.32 Å². The van der Waals surface area contributed by atoms with Crippen molar-refractivity contribution in [3.63, 3.8) is 0 Å². The van der Waals surface area contributed by atoms with E-state index in [2.05, 4.69) is 66.9 Å². The standard InChI is InChI=1S/C16H25ClIN/c1-4-6-12(3)10-16(19-9-5-2)13-7-8-15(18)14(17)11-13/h7-8,11-12,16,19H,4-6,9-10H2,1-3H3. The van der Waals surface area contributed by atoms with Crippen LogP contribution in [0.1, 0.15) is 58.1 Å². The summed E-state index contributed by atoms with van der Waals surface area (Å²) >= 11 is 8.53. The average Bonchev–Trinajstić information content (AvgIpc) is 2.38. The predicted molar refractivity (Wildman–Crippen MR) is 93.9 cm³/mol. The minimum atomic E-state index is 0.427. The molecule has 1 N–H and O–H groups in total. The third kappa shape index (κ3) is 6.01. The monoisotopic (exact) mass is 393 g/mol. The van der Waals surface area contributed by atoms with E-state index >= 15 is 0 Å². The van der Waals surface area contributed by atoms with Gasteiger partial charge in [-0.3, -0.25) is 0 Å². The summed E-state index contributed by atoms with van der Waals surface area (Å²) < 4.78 is 1.12. The van der Waals surface area contributed by atoms with Crippen LogP contribution in [0.15, 0.2) is 18.2 Å². The quantitative estimate of drug-likeness (QED) is 0.549. The Morgan fingerprint density at radius 3 is 2.58 bits per heavy atom. The van der Waals surface area contributed by atoms with E-state index < -0.39 is 0 Å². The Hall–Kier alpha value is 0.200. The lowest BCUT2D eigenvalue weighted by Crippen LogP contribution is -2.24. The third-order valence-electron chi connectivity index (χ3n) is 3.41. The van der Waals surface area contributed by atoms with Crippen LogP contribution in [0.5, 0.6) is 0 Å². The zero-order valence-electron chi connectivity index (χ0n) is 12.2. The molecule has 0 amide bonds. The summed E-state index contributed by atoms with van der Waals surface area (Å²) in [5.41, 5.74) is 1.32. The van der Waals surface area contributed by atoms with Gasteiger partial charge in [0.1, 0.15) is 0 Å². The van der Waals surface area contributed by atoms with Gasteiger partial charge in [0.05, 0.1) is 5.02 Å². The molecule has 0 heterocycles. The van der Waals surface area contributed by atoms with Gasteiger partial charge in [-0.05, 0) is 65.6 Å². The largest absolute Gasteiger partial charge is 0.310 e. The minimum absolute atomic E-state index is 0.427. The maximum Gasteiger partial charge on any atom is 0.0542 e. The number of nitrogens with one attached hydrogen (secondary N) is 1. The summed E-state index contributed by atoms with van der Waals surface area (Å²) in [7, 11) is 0. The maximum atomic E-state index is 6.25. The molecular formula is C16H25ClIN. The molecule has 1 aromatic carbocycles.